The quantitative estimate of drug-likeness (QED) is 0.689. The SMILES string of the molecule is C=CCCC(NCCC)c1ccc(Br)cc1Cl. The van der Waals surface area contributed by atoms with Crippen molar-refractivity contribution in [3.8, 4) is 0 Å². The molecule has 0 saturated carbocycles. The van der Waals surface area contributed by atoms with Crippen LogP contribution in [-0.4, -0.2) is 6.54 Å². The van der Waals surface area contributed by atoms with Crippen molar-refractivity contribution < 1.29 is 0 Å². The first-order chi connectivity index (χ1) is 8.19. The van der Waals surface area contributed by atoms with Crippen LogP contribution in [0.4, 0.5) is 0 Å². The smallest absolute Gasteiger partial charge is 0.0465 e. The molecule has 1 N–H and O–H groups in total. The van der Waals surface area contributed by atoms with Crippen LogP contribution < -0.4 is 5.32 Å². The molecular formula is C14H19BrClN. The molecule has 0 bridgehead atoms. The number of benzene rings is 1. The summed E-state index contributed by atoms with van der Waals surface area (Å²) in [7, 11) is 0. The molecule has 3 heteroatoms. The van der Waals surface area contributed by atoms with Crippen LogP contribution in [0.15, 0.2) is 35.3 Å². The summed E-state index contributed by atoms with van der Waals surface area (Å²) >= 11 is 9.72. The summed E-state index contributed by atoms with van der Waals surface area (Å²) < 4.78 is 1.02. The van der Waals surface area contributed by atoms with Crippen LogP contribution in [0.3, 0.4) is 0 Å². The summed E-state index contributed by atoms with van der Waals surface area (Å²) in [6, 6.07) is 6.39. The minimum Gasteiger partial charge on any atom is -0.310 e. The lowest BCUT2D eigenvalue weighted by atomic mass is 10.0. The Labute approximate surface area is 117 Å². The van der Waals surface area contributed by atoms with Gasteiger partial charge < -0.3 is 5.32 Å². The Hall–Kier alpha value is -0.310. The summed E-state index contributed by atoms with van der Waals surface area (Å²) in [5, 5.41) is 4.35. The highest BCUT2D eigenvalue weighted by Crippen LogP contribution is 2.29. The van der Waals surface area contributed by atoms with Crippen molar-refractivity contribution in [1.29, 1.82) is 0 Å². The summed E-state index contributed by atoms with van der Waals surface area (Å²) in [5.41, 5.74) is 1.17. The van der Waals surface area contributed by atoms with Crippen molar-refractivity contribution in [3.63, 3.8) is 0 Å². The van der Waals surface area contributed by atoms with E-state index < -0.39 is 0 Å². The molecule has 1 rings (SSSR count). The standard InChI is InChI=1S/C14H19BrClN/c1-3-5-6-14(17-9-4-2)12-8-7-11(15)10-13(12)16/h3,7-8,10,14,17H,1,4-6,9H2,2H3. The van der Waals surface area contributed by atoms with Gasteiger partial charge in [0.25, 0.3) is 0 Å². The lowest BCUT2D eigenvalue weighted by Gasteiger charge is -2.19. The summed E-state index contributed by atoms with van der Waals surface area (Å²) in [6.07, 6.45) is 5.10. The minimum atomic E-state index is 0.313. The van der Waals surface area contributed by atoms with Crippen molar-refractivity contribution >= 4 is 27.5 Å². The number of rotatable bonds is 7. The Bertz CT molecular complexity index is 365. The molecule has 0 aliphatic carbocycles. The van der Waals surface area contributed by atoms with Crippen LogP contribution in [0.25, 0.3) is 0 Å². The van der Waals surface area contributed by atoms with Crippen molar-refractivity contribution in [2.75, 3.05) is 6.54 Å². The number of allylic oxidation sites excluding steroid dienone is 1. The van der Waals surface area contributed by atoms with E-state index in [0.29, 0.717) is 6.04 Å². The van der Waals surface area contributed by atoms with Gasteiger partial charge in [-0.1, -0.05) is 46.6 Å². The topological polar surface area (TPSA) is 12.0 Å². The van der Waals surface area contributed by atoms with E-state index in [2.05, 4.69) is 40.8 Å². The summed E-state index contributed by atoms with van der Waals surface area (Å²) in [6.45, 7) is 6.95. The molecule has 0 radical (unpaired) electrons. The van der Waals surface area contributed by atoms with Crippen molar-refractivity contribution in [2.45, 2.75) is 32.2 Å². The molecule has 1 nitrogen and oxygen atoms in total. The van der Waals surface area contributed by atoms with E-state index in [9.17, 15) is 0 Å². The molecule has 0 aliphatic rings. The third-order valence-corrected chi connectivity index (χ3v) is 3.46. The van der Waals surface area contributed by atoms with Gasteiger partial charge >= 0.3 is 0 Å². The maximum absolute atomic E-state index is 6.29. The highest BCUT2D eigenvalue weighted by Gasteiger charge is 2.13. The fourth-order valence-electron chi connectivity index (χ4n) is 1.75. The van der Waals surface area contributed by atoms with Gasteiger partial charge in [-0.15, -0.1) is 6.58 Å². The molecular weight excluding hydrogens is 298 g/mol. The average Bonchev–Trinajstić information content (AvgIpc) is 2.30. The van der Waals surface area contributed by atoms with Gasteiger partial charge in [0.1, 0.15) is 0 Å². The Kier molecular flexibility index (Phi) is 6.86. The van der Waals surface area contributed by atoms with Crippen LogP contribution in [0.5, 0.6) is 0 Å². The molecule has 1 atom stereocenters. The van der Waals surface area contributed by atoms with Gasteiger partial charge in [-0.05, 0) is 43.5 Å². The van der Waals surface area contributed by atoms with Crippen molar-refractivity contribution in [2.24, 2.45) is 0 Å². The molecule has 0 spiro atoms. The number of nitrogens with one attached hydrogen (secondary N) is 1. The number of hydrogen-bond acceptors (Lipinski definition) is 1. The Balaban J connectivity index is 2.82. The zero-order valence-electron chi connectivity index (χ0n) is 10.2. The highest BCUT2D eigenvalue weighted by molar-refractivity contribution is 9.10. The maximum Gasteiger partial charge on any atom is 0.0465 e. The van der Waals surface area contributed by atoms with E-state index in [1.54, 1.807) is 0 Å². The zero-order chi connectivity index (χ0) is 12.7. The van der Waals surface area contributed by atoms with Crippen molar-refractivity contribution in [3.05, 3.63) is 45.9 Å². The fraction of sp³-hybridized carbons (Fsp3) is 0.429. The van der Waals surface area contributed by atoms with Gasteiger partial charge in [0, 0.05) is 15.5 Å². The van der Waals surface area contributed by atoms with Crippen LogP contribution in [-0.2, 0) is 0 Å². The van der Waals surface area contributed by atoms with Crippen LogP contribution in [0, 0.1) is 0 Å². The molecule has 1 aromatic carbocycles. The highest BCUT2D eigenvalue weighted by atomic mass is 79.9. The fourth-order valence-corrected chi connectivity index (χ4v) is 2.56. The monoisotopic (exact) mass is 315 g/mol. The second kappa shape index (κ2) is 7.91. The van der Waals surface area contributed by atoms with Gasteiger partial charge in [-0.2, -0.15) is 0 Å². The van der Waals surface area contributed by atoms with E-state index in [1.807, 2.05) is 18.2 Å². The Morgan fingerprint density at radius 1 is 1.53 bits per heavy atom. The lowest BCUT2D eigenvalue weighted by molar-refractivity contribution is 0.503. The molecule has 0 aromatic heterocycles. The normalized spacial score (nSPS) is 12.4. The summed E-state index contributed by atoms with van der Waals surface area (Å²) in [4.78, 5) is 0. The molecule has 0 fully saturated rings. The molecule has 0 saturated heterocycles. The number of halogens is 2. The van der Waals surface area contributed by atoms with E-state index in [-0.39, 0.29) is 0 Å². The van der Waals surface area contributed by atoms with E-state index >= 15 is 0 Å². The maximum atomic E-state index is 6.29. The lowest BCUT2D eigenvalue weighted by Crippen LogP contribution is -2.22. The minimum absolute atomic E-state index is 0.313. The Morgan fingerprint density at radius 2 is 2.29 bits per heavy atom. The van der Waals surface area contributed by atoms with E-state index in [1.165, 1.54) is 5.56 Å². The summed E-state index contributed by atoms with van der Waals surface area (Å²) in [5.74, 6) is 0. The number of hydrogen-bond donors (Lipinski definition) is 1. The average molecular weight is 317 g/mol. The Morgan fingerprint density at radius 3 is 2.88 bits per heavy atom. The van der Waals surface area contributed by atoms with Gasteiger partial charge in [-0.3, -0.25) is 0 Å². The van der Waals surface area contributed by atoms with Crippen LogP contribution >= 0.6 is 27.5 Å². The molecule has 1 unspecified atom stereocenters. The van der Waals surface area contributed by atoms with Gasteiger partial charge in [0.2, 0.25) is 0 Å². The molecule has 94 valence electrons. The molecule has 17 heavy (non-hydrogen) atoms. The van der Waals surface area contributed by atoms with Gasteiger partial charge in [0.15, 0.2) is 0 Å². The van der Waals surface area contributed by atoms with Crippen LogP contribution in [0.2, 0.25) is 5.02 Å². The van der Waals surface area contributed by atoms with Crippen molar-refractivity contribution in [1.82, 2.24) is 5.32 Å². The van der Waals surface area contributed by atoms with E-state index in [0.717, 1.165) is 35.3 Å². The first-order valence-corrected chi connectivity index (χ1v) is 7.15. The van der Waals surface area contributed by atoms with Crippen LogP contribution in [0.1, 0.15) is 37.8 Å². The first-order valence-electron chi connectivity index (χ1n) is 5.98. The third kappa shape index (κ3) is 4.82. The van der Waals surface area contributed by atoms with Gasteiger partial charge in [0.05, 0.1) is 0 Å². The molecule has 1 aromatic rings. The second-order valence-electron chi connectivity index (χ2n) is 4.04. The van der Waals surface area contributed by atoms with E-state index in [4.69, 9.17) is 11.6 Å². The predicted molar refractivity (Wildman–Crippen MR) is 79.6 cm³/mol. The van der Waals surface area contributed by atoms with Gasteiger partial charge in [-0.25, -0.2) is 0 Å². The zero-order valence-corrected chi connectivity index (χ0v) is 12.5. The first kappa shape index (κ1) is 14.7. The largest absolute Gasteiger partial charge is 0.310 e. The molecule has 0 aliphatic heterocycles. The molecule has 0 heterocycles. The third-order valence-electron chi connectivity index (χ3n) is 2.64. The second-order valence-corrected chi connectivity index (χ2v) is 5.36. The predicted octanol–water partition coefficient (Wildman–Crippen LogP) is 5.11. The molecule has 0 amide bonds.